The number of methoxy groups -OCH3 is 1. The Bertz CT molecular complexity index is 1060. The van der Waals surface area contributed by atoms with Gasteiger partial charge in [-0.1, -0.05) is 28.5 Å². The number of aryl methyl sites for hydroxylation is 1. The van der Waals surface area contributed by atoms with Crippen molar-refractivity contribution in [1.82, 2.24) is 10.1 Å². The van der Waals surface area contributed by atoms with Crippen molar-refractivity contribution in [3.8, 4) is 5.75 Å². The maximum atomic E-state index is 12.4. The molecule has 3 aromatic rings. The summed E-state index contributed by atoms with van der Waals surface area (Å²) in [5.41, 5.74) is 1.46. The Morgan fingerprint density at radius 2 is 2.10 bits per heavy atom. The Labute approximate surface area is 181 Å². The number of halogens is 1. The topological polar surface area (TPSA) is 104 Å². The van der Waals surface area contributed by atoms with Crippen molar-refractivity contribution in [2.24, 2.45) is 0 Å². The number of nitrogens with zero attached hydrogens (tertiary/aromatic N) is 2. The summed E-state index contributed by atoms with van der Waals surface area (Å²) in [6.07, 6.45) is 1.58. The molecule has 0 fully saturated rings. The third-order valence-electron chi connectivity index (χ3n) is 3.79. The Balaban J connectivity index is 1.56. The van der Waals surface area contributed by atoms with E-state index in [4.69, 9.17) is 25.6 Å². The molecule has 2 aromatic heterocycles. The van der Waals surface area contributed by atoms with Crippen LogP contribution in [0, 0.1) is 6.92 Å². The highest BCUT2D eigenvalue weighted by Gasteiger charge is 2.17. The molecule has 0 bridgehead atoms. The standard InChI is InChI=1S/C20H18ClN3O5S/c1-12-8-14(24-29-12)11-30-19-15(4-3-7-22-19)20(26)28-10-18(25)23-13-5-6-17(27-2)16(21)9-13/h3-9H,10-11H2,1-2H3,(H,23,25). The summed E-state index contributed by atoms with van der Waals surface area (Å²) < 4.78 is 15.2. The van der Waals surface area contributed by atoms with Crippen LogP contribution in [0.3, 0.4) is 0 Å². The molecule has 0 atom stereocenters. The molecule has 8 nitrogen and oxygen atoms in total. The van der Waals surface area contributed by atoms with Gasteiger partial charge in [0.1, 0.15) is 16.5 Å². The monoisotopic (exact) mass is 447 g/mol. The van der Waals surface area contributed by atoms with Gasteiger partial charge in [-0.25, -0.2) is 9.78 Å². The normalized spacial score (nSPS) is 10.5. The zero-order valence-corrected chi connectivity index (χ0v) is 17.7. The van der Waals surface area contributed by atoms with Gasteiger partial charge in [0.2, 0.25) is 0 Å². The van der Waals surface area contributed by atoms with Crippen molar-refractivity contribution in [2.75, 3.05) is 19.0 Å². The number of esters is 1. The number of nitrogens with one attached hydrogen (secondary N) is 1. The van der Waals surface area contributed by atoms with E-state index in [-0.39, 0.29) is 5.56 Å². The lowest BCUT2D eigenvalue weighted by molar-refractivity contribution is -0.119. The van der Waals surface area contributed by atoms with Gasteiger partial charge in [0.05, 0.1) is 23.4 Å². The Kier molecular flexibility index (Phi) is 7.31. The first kappa shape index (κ1) is 21.7. The van der Waals surface area contributed by atoms with Crippen LogP contribution in [0.25, 0.3) is 0 Å². The highest BCUT2D eigenvalue weighted by Crippen LogP contribution is 2.27. The van der Waals surface area contributed by atoms with Crippen LogP contribution in [0.2, 0.25) is 5.02 Å². The minimum Gasteiger partial charge on any atom is -0.495 e. The maximum Gasteiger partial charge on any atom is 0.341 e. The molecule has 30 heavy (non-hydrogen) atoms. The first-order chi connectivity index (χ1) is 14.5. The second kappa shape index (κ2) is 10.1. The molecule has 1 N–H and O–H groups in total. The number of pyridine rings is 1. The van der Waals surface area contributed by atoms with E-state index in [0.29, 0.717) is 33.0 Å². The summed E-state index contributed by atoms with van der Waals surface area (Å²) in [5, 5.41) is 7.35. The SMILES string of the molecule is COc1ccc(NC(=O)COC(=O)c2cccnc2SCc2cc(C)on2)cc1Cl. The molecule has 0 unspecified atom stereocenters. The molecular weight excluding hydrogens is 430 g/mol. The molecule has 2 heterocycles. The number of thioether (sulfide) groups is 1. The lowest BCUT2D eigenvalue weighted by Crippen LogP contribution is -2.21. The number of hydrogen-bond acceptors (Lipinski definition) is 8. The summed E-state index contributed by atoms with van der Waals surface area (Å²) in [6, 6.07) is 9.82. The van der Waals surface area contributed by atoms with Gasteiger partial charge in [-0.15, -0.1) is 0 Å². The van der Waals surface area contributed by atoms with Gasteiger partial charge >= 0.3 is 5.97 Å². The Morgan fingerprint density at radius 1 is 1.27 bits per heavy atom. The number of hydrogen-bond donors (Lipinski definition) is 1. The molecular formula is C20H18ClN3O5S. The summed E-state index contributed by atoms with van der Waals surface area (Å²) in [4.78, 5) is 28.8. The molecule has 1 aromatic carbocycles. The average Bonchev–Trinajstić information content (AvgIpc) is 3.16. The van der Waals surface area contributed by atoms with E-state index >= 15 is 0 Å². The smallest absolute Gasteiger partial charge is 0.341 e. The molecule has 3 rings (SSSR count). The Hall–Kier alpha value is -3.04. The zero-order valence-electron chi connectivity index (χ0n) is 16.2. The van der Waals surface area contributed by atoms with E-state index < -0.39 is 18.5 Å². The zero-order chi connectivity index (χ0) is 21.5. The van der Waals surface area contributed by atoms with Gasteiger partial charge in [0.25, 0.3) is 5.91 Å². The molecule has 0 aliphatic carbocycles. The van der Waals surface area contributed by atoms with Crippen LogP contribution >= 0.6 is 23.4 Å². The summed E-state index contributed by atoms with van der Waals surface area (Å²) in [6.45, 7) is 1.35. The number of carbonyl (C=O) groups is 2. The van der Waals surface area contributed by atoms with Crippen LogP contribution in [0.1, 0.15) is 21.8 Å². The van der Waals surface area contributed by atoms with E-state index in [1.165, 1.54) is 18.9 Å². The lowest BCUT2D eigenvalue weighted by Gasteiger charge is -2.10. The first-order valence-electron chi connectivity index (χ1n) is 8.77. The highest BCUT2D eigenvalue weighted by atomic mass is 35.5. The quantitative estimate of drug-likeness (QED) is 0.406. The van der Waals surface area contributed by atoms with Gasteiger partial charge < -0.3 is 19.3 Å². The second-order valence-electron chi connectivity index (χ2n) is 6.05. The number of benzene rings is 1. The first-order valence-corrected chi connectivity index (χ1v) is 10.1. The Morgan fingerprint density at radius 3 is 2.80 bits per heavy atom. The number of rotatable bonds is 8. The van der Waals surface area contributed by atoms with Crippen LogP contribution in [0.4, 0.5) is 5.69 Å². The largest absolute Gasteiger partial charge is 0.495 e. The third kappa shape index (κ3) is 5.74. The van der Waals surface area contributed by atoms with Crippen molar-refractivity contribution in [3.63, 3.8) is 0 Å². The number of anilines is 1. The molecule has 0 aliphatic heterocycles. The van der Waals surface area contributed by atoms with Crippen LogP contribution in [-0.4, -0.2) is 35.7 Å². The van der Waals surface area contributed by atoms with Crippen molar-refractivity contribution in [1.29, 1.82) is 0 Å². The lowest BCUT2D eigenvalue weighted by atomic mass is 10.3. The molecule has 0 saturated heterocycles. The number of amides is 1. The van der Waals surface area contributed by atoms with Gasteiger partial charge in [0, 0.05) is 23.7 Å². The minimum absolute atomic E-state index is 0.267. The molecule has 156 valence electrons. The van der Waals surface area contributed by atoms with Crippen LogP contribution in [0.5, 0.6) is 5.75 Å². The van der Waals surface area contributed by atoms with Crippen molar-refractivity contribution >= 4 is 40.9 Å². The minimum atomic E-state index is -0.648. The van der Waals surface area contributed by atoms with Gasteiger partial charge in [-0.3, -0.25) is 4.79 Å². The predicted octanol–water partition coefficient (Wildman–Crippen LogP) is 4.13. The molecule has 0 aliphatic rings. The summed E-state index contributed by atoms with van der Waals surface area (Å²) >= 11 is 7.35. The molecule has 0 saturated carbocycles. The molecule has 0 radical (unpaired) electrons. The fourth-order valence-corrected chi connectivity index (χ4v) is 3.56. The van der Waals surface area contributed by atoms with Crippen LogP contribution < -0.4 is 10.1 Å². The maximum absolute atomic E-state index is 12.4. The van der Waals surface area contributed by atoms with Crippen molar-refractivity contribution in [3.05, 3.63) is 64.6 Å². The number of carbonyl (C=O) groups excluding carboxylic acids is 2. The van der Waals surface area contributed by atoms with E-state index in [2.05, 4.69) is 15.5 Å². The van der Waals surface area contributed by atoms with E-state index in [1.54, 1.807) is 43.5 Å². The summed E-state index contributed by atoms with van der Waals surface area (Å²) in [5.74, 6) is 0.525. The van der Waals surface area contributed by atoms with Gasteiger partial charge in [-0.2, -0.15) is 0 Å². The van der Waals surface area contributed by atoms with Crippen LogP contribution in [-0.2, 0) is 15.3 Å². The summed E-state index contributed by atoms with van der Waals surface area (Å²) in [7, 11) is 1.50. The fraction of sp³-hybridized carbons (Fsp3) is 0.200. The molecule has 0 spiro atoms. The van der Waals surface area contributed by atoms with Crippen LogP contribution in [0.15, 0.2) is 52.1 Å². The third-order valence-corrected chi connectivity index (χ3v) is 5.13. The second-order valence-corrected chi connectivity index (χ2v) is 7.42. The predicted molar refractivity (Wildman–Crippen MR) is 112 cm³/mol. The van der Waals surface area contributed by atoms with Gasteiger partial charge in [0.15, 0.2) is 6.61 Å². The van der Waals surface area contributed by atoms with Crippen molar-refractivity contribution < 1.29 is 23.6 Å². The van der Waals surface area contributed by atoms with E-state index in [0.717, 1.165) is 5.69 Å². The van der Waals surface area contributed by atoms with Crippen molar-refractivity contribution in [2.45, 2.75) is 17.7 Å². The highest BCUT2D eigenvalue weighted by molar-refractivity contribution is 7.98. The molecule has 10 heteroatoms. The number of aromatic nitrogens is 2. The van der Waals surface area contributed by atoms with E-state index in [1.807, 2.05) is 6.07 Å². The molecule has 1 amide bonds. The van der Waals surface area contributed by atoms with Gasteiger partial charge in [-0.05, 0) is 37.3 Å². The fourth-order valence-electron chi connectivity index (χ4n) is 2.44. The van der Waals surface area contributed by atoms with E-state index in [9.17, 15) is 9.59 Å². The average molecular weight is 448 g/mol. The number of ether oxygens (including phenoxy) is 2.